The minimum atomic E-state index is -3.78. The van der Waals surface area contributed by atoms with Crippen LogP contribution in [-0.2, 0) is 16.4 Å². The van der Waals surface area contributed by atoms with Crippen molar-refractivity contribution in [3.05, 3.63) is 65.2 Å². The van der Waals surface area contributed by atoms with E-state index in [2.05, 4.69) is 5.32 Å². The summed E-state index contributed by atoms with van der Waals surface area (Å²) in [5.41, 5.74) is 2.38. The molecule has 0 aliphatic carbocycles. The van der Waals surface area contributed by atoms with Gasteiger partial charge in [0.25, 0.3) is 0 Å². The molecule has 2 heterocycles. The van der Waals surface area contributed by atoms with Crippen molar-refractivity contribution < 1.29 is 13.2 Å². The third-order valence-electron chi connectivity index (χ3n) is 5.22. The van der Waals surface area contributed by atoms with Gasteiger partial charge in [0.2, 0.25) is 10.0 Å². The van der Waals surface area contributed by atoms with Crippen molar-refractivity contribution in [2.75, 3.05) is 6.54 Å². The standard InChI is InChI=1S/C20H22N2O3S.ClH/c1-2-7-17-19(23)16-10-5-6-11-18(16)26(24,25)22(17)20-15-9-4-3-8-14(15)12-13-21-20;/h3-6,8-11,17,20-21H,2,7,12-13H2,1H3;1H. The van der Waals surface area contributed by atoms with Gasteiger partial charge in [-0.25, -0.2) is 8.42 Å². The van der Waals surface area contributed by atoms with Crippen molar-refractivity contribution in [2.45, 2.75) is 43.3 Å². The molecule has 0 spiro atoms. The van der Waals surface area contributed by atoms with E-state index in [4.69, 9.17) is 0 Å². The van der Waals surface area contributed by atoms with Crippen molar-refractivity contribution >= 4 is 28.2 Å². The van der Waals surface area contributed by atoms with Gasteiger partial charge in [0.15, 0.2) is 5.78 Å². The third kappa shape index (κ3) is 3.21. The largest absolute Gasteiger partial charge is 0.297 e. The molecule has 2 aliphatic heterocycles. The highest BCUT2D eigenvalue weighted by atomic mass is 35.5. The van der Waals surface area contributed by atoms with Crippen LogP contribution in [-0.4, -0.2) is 31.1 Å². The minimum Gasteiger partial charge on any atom is -0.297 e. The molecule has 0 fully saturated rings. The Labute approximate surface area is 166 Å². The summed E-state index contributed by atoms with van der Waals surface area (Å²) in [5.74, 6) is -0.109. The lowest BCUT2D eigenvalue weighted by molar-refractivity contribution is 0.0816. The van der Waals surface area contributed by atoms with Crippen molar-refractivity contribution in [2.24, 2.45) is 0 Å². The van der Waals surface area contributed by atoms with Crippen LogP contribution in [0.3, 0.4) is 0 Å². The first kappa shape index (κ1) is 20.0. The molecular formula is C20H23ClN2O3S. The maximum atomic E-state index is 13.5. The van der Waals surface area contributed by atoms with E-state index in [0.717, 1.165) is 24.0 Å². The molecule has 4 rings (SSSR count). The average molecular weight is 407 g/mol. The summed E-state index contributed by atoms with van der Waals surface area (Å²) in [7, 11) is -3.78. The molecule has 2 unspecified atom stereocenters. The quantitative estimate of drug-likeness (QED) is 0.849. The summed E-state index contributed by atoms with van der Waals surface area (Å²) in [6.45, 7) is 2.66. The van der Waals surface area contributed by atoms with Gasteiger partial charge in [-0.3, -0.25) is 10.1 Å². The first-order chi connectivity index (χ1) is 12.6. The summed E-state index contributed by atoms with van der Waals surface area (Å²) >= 11 is 0. The third-order valence-corrected chi connectivity index (χ3v) is 7.15. The van der Waals surface area contributed by atoms with Gasteiger partial charge in [-0.05, 0) is 36.1 Å². The Morgan fingerprint density at radius 2 is 1.81 bits per heavy atom. The molecule has 2 atom stereocenters. The van der Waals surface area contributed by atoms with Crippen LogP contribution in [0.5, 0.6) is 0 Å². The number of rotatable bonds is 3. The molecule has 0 bridgehead atoms. The zero-order chi connectivity index (χ0) is 18.3. The molecule has 0 amide bonds. The number of carbonyl (C=O) groups excluding carboxylic acids is 1. The van der Waals surface area contributed by atoms with E-state index >= 15 is 0 Å². The van der Waals surface area contributed by atoms with Crippen molar-refractivity contribution in [3.8, 4) is 0 Å². The molecule has 7 heteroatoms. The lowest BCUT2D eigenvalue weighted by Gasteiger charge is -2.42. The second-order valence-electron chi connectivity index (χ2n) is 6.81. The number of hydrogen-bond acceptors (Lipinski definition) is 4. The topological polar surface area (TPSA) is 66.5 Å². The minimum absolute atomic E-state index is 0. The van der Waals surface area contributed by atoms with Crippen molar-refractivity contribution in [3.63, 3.8) is 0 Å². The van der Waals surface area contributed by atoms with Crippen LogP contribution < -0.4 is 5.32 Å². The highest BCUT2D eigenvalue weighted by Crippen LogP contribution is 2.39. The maximum Gasteiger partial charge on any atom is 0.246 e. The van der Waals surface area contributed by atoms with Crippen LogP contribution in [0.15, 0.2) is 53.4 Å². The van der Waals surface area contributed by atoms with Crippen LogP contribution in [0, 0.1) is 0 Å². The Morgan fingerprint density at radius 3 is 2.59 bits per heavy atom. The van der Waals surface area contributed by atoms with Crippen LogP contribution in [0.25, 0.3) is 0 Å². The first-order valence-electron chi connectivity index (χ1n) is 9.03. The van der Waals surface area contributed by atoms with Gasteiger partial charge in [0.1, 0.15) is 6.17 Å². The normalized spacial score (nSPS) is 23.8. The van der Waals surface area contributed by atoms with E-state index in [1.165, 1.54) is 10.4 Å². The van der Waals surface area contributed by atoms with Crippen molar-refractivity contribution in [1.29, 1.82) is 0 Å². The number of hydrogen-bond donors (Lipinski definition) is 1. The maximum absolute atomic E-state index is 13.5. The second-order valence-corrected chi connectivity index (χ2v) is 8.62. The predicted molar refractivity (Wildman–Crippen MR) is 107 cm³/mol. The molecule has 1 N–H and O–H groups in total. The van der Waals surface area contributed by atoms with Gasteiger partial charge in [0.05, 0.1) is 10.9 Å². The zero-order valence-corrected chi connectivity index (χ0v) is 16.7. The van der Waals surface area contributed by atoms with E-state index in [1.807, 2.05) is 31.2 Å². The highest BCUT2D eigenvalue weighted by Gasteiger charge is 2.47. The van der Waals surface area contributed by atoms with Crippen LogP contribution in [0.1, 0.15) is 47.4 Å². The number of Topliss-reactive ketones (excluding diaryl/α,β-unsaturated/α-hetero) is 1. The number of nitrogens with zero attached hydrogens (tertiary/aromatic N) is 1. The molecule has 0 saturated carbocycles. The molecule has 5 nitrogen and oxygen atoms in total. The van der Waals surface area contributed by atoms with Gasteiger partial charge in [-0.1, -0.05) is 49.7 Å². The van der Waals surface area contributed by atoms with E-state index in [1.54, 1.807) is 18.2 Å². The van der Waals surface area contributed by atoms with Gasteiger partial charge in [0, 0.05) is 12.1 Å². The van der Waals surface area contributed by atoms with E-state index in [9.17, 15) is 13.2 Å². The summed E-state index contributed by atoms with van der Waals surface area (Å²) in [5, 5.41) is 3.33. The molecule has 0 aromatic heterocycles. The molecule has 0 saturated heterocycles. The Morgan fingerprint density at radius 1 is 1.11 bits per heavy atom. The number of benzene rings is 2. The number of ketones is 1. The van der Waals surface area contributed by atoms with E-state index in [-0.39, 0.29) is 23.1 Å². The second kappa shape index (κ2) is 7.72. The summed E-state index contributed by atoms with van der Waals surface area (Å²) in [6, 6.07) is 13.7. The molecule has 27 heavy (non-hydrogen) atoms. The van der Waals surface area contributed by atoms with Gasteiger partial charge < -0.3 is 0 Å². The number of carbonyl (C=O) groups is 1. The lowest BCUT2D eigenvalue weighted by atomic mass is 9.95. The monoisotopic (exact) mass is 406 g/mol. The van der Waals surface area contributed by atoms with Gasteiger partial charge in [-0.2, -0.15) is 4.31 Å². The Hall–Kier alpha value is -1.73. The summed E-state index contributed by atoms with van der Waals surface area (Å²) in [4.78, 5) is 13.2. The smallest absolute Gasteiger partial charge is 0.246 e. The number of nitrogens with one attached hydrogen (secondary N) is 1. The molecular weight excluding hydrogens is 384 g/mol. The molecule has 0 radical (unpaired) electrons. The predicted octanol–water partition coefficient (Wildman–Crippen LogP) is 3.31. The highest BCUT2D eigenvalue weighted by molar-refractivity contribution is 7.89. The molecule has 2 aliphatic rings. The number of fused-ring (bicyclic) bond motifs is 2. The Kier molecular flexibility index (Phi) is 5.72. The van der Waals surface area contributed by atoms with Crippen LogP contribution in [0.2, 0.25) is 0 Å². The molecule has 2 aromatic carbocycles. The Bertz CT molecular complexity index is 961. The lowest BCUT2D eigenvalue weighted by Crippen LogP contribution is -2.55. The molecule has 144 valence electrons. The number of sulfonamides is 1. The number of halogens is 1. The van der Waals surface area contributed by atoms with E-state index < -0.39 is 22.2 Å². The fourth-order valence-electron chi connectivity index (χ4n) is 4.03. The van der Waals surface area contributed by atoms with Crippen molar-refractivity contribution in [1.82, 2.24) is 9.62 Å². The Balaban J connectivity index is 0.00000210. The fraction of sp³-hybridized carbons (Fsp3) is 0.350. The van der Waals surface area contributed by atoms with Crippen LogP contribution in [0.4, 0.5) is 0 Å². The molecule has 2 aromatic rings. The first-order valence-corrected chi connectivity index (χ1v) is 10.5. The fourth-order valence-corrected chi connectivity index (χ4v) is 5.96. The summed E-state index contributed by atoms with van der Waals surface area (Å²) in [6.07, 6.45) is 1.58. The van der Waals surface area contributed by atoms with Crippen LogP contribution >= 0.6 is 12.4 Å². The zero-order valence-electron chi connectivity index (χ0n) is 15.1. The van der Waals surface area contributed by atoms with Gasteiger partial charge in [-0.15, -0.1) is 12.4 Å². The average Bonchev–Trinajstić information content (AvgIpc) is 2.66. The SMILES string of the molecule is CCCC1C(=O)c2ccccc2S(=O)(=O)N1C1NCCc2ccccc21.Cl. The summed E-state index contributed by atoms with van der Waals surface area (Å²) < 4.78 is 28.4. The van der Waals surface area contributed by atoms with E-state index in [0.29, 0.717) is 18.5 Å². The van der Waals surface area contributed by atoms with Gasteiger partial charge >= 0.3 is 0 Å².